The summed E-state index contributed by atoms with van der Waals surface area (Å²) in [7, 11) is 0.499. The fourth-order valence-corrected chi connectivity index (χ4v) is 7.05. The van der Waals surface area contributed by atoms with Crippen molar-refractivity contribution < 1.29 is 8.42 Å². The zero-order valence-corrected chi connectivity index (χ0v) is 25.7. The molecule has 0 spiro atoms. The molecular formula is C30H34Cl2N6O2S. The van der Waals surface area contributed by atoms with Crippen molar-refractivity contribution >= 4 is 49.9 Å². The number of rotatable bonds is 9. The molecule has 8 nitrogen and oxygen atoms in total. The van der Waals surface area contributed by atoms with E-state index in [1.165, 1.54) is 28.1 Å². The summed E-state index contributed by atoms with van der Waals surface area (Å²) in [6.07, 6.45) is 1.61. The summed E-state index contributed by atoms with van der Waals surface area (Å²) in [5.41, 5.74) is 4.34. The van der Waals surface area contributed by atoms with Gasteiger partial charge in [-0.3, -0.25) is 4.90 Å². The van der Waals surface area contributed by atoms with Crippen molar-refractivity contribution in [2.75, 3.05) is 52.1 Å². The zero-order chi connectivity index (χ0) is 29.1. The third kappa shape index (κ3) is 6.83. The van der Waals surface area contributed by atoms with Crippen molar-refractivity contribution in [3.8, 4) is 11.1 Å². The Bertz CT molecular complexity index is 1640. The van der Waals surface area contributed by atoms with E-state index in [9.17, 15) is 8.42 Å². The first-order valence-electron chi connectivity index (χ1n) is 13.5. The lowest BCUT2D eigenvalue weighted by Crippen LogP contribution is -2.50. The Balaban J connectivity index is 1.25. The van der Waals surface area contributed by atoms with E-state index >= 15 is 0 Å². The predicted molar refractivity (Wildman–Crippen MR) is 167 cm³/mol. The molecule has 1 aliphatic heterocycles. The average molecular weight is 614 g/mol. The molecular weight excluding hydrogens is 579 g/mol. The van der Waals surface area contributed by atoms with Crippen LogP contribution < -0.4 is 5.32 Å². The van der Waals surface area contributed by atoms with Crippen molar-refractivity contribution in [3.63, 3.8) is 0 Å². The molecule has 1 aliphatic rings. The second-order valence-electron chi connectivity index (χ2n) is 10.7. The first-order chi connectivity index (χ1) is 19.6. The number of nitrogens with zero attached hydrogens (tertiary/aromatic N) is 5. The monoisotopic (exact) mass is 612 g/mol. The van der Waals surface area contributed by atoms with Crippen LogP contribution in [0.5, 0.6) is 0 Å². The van der Waals surface area contributed by atoms with Crippen LogP contribution in [0.3, 0.4) is 0 Å². The highest BCUT2D eigenvalue weighted by atomic mass is 35.5. The Morgan fingerprint density at radius 3 is 2.44 bits per heavy atom. The summed E-state index contributed by atoms with van der Waals surface area (Å²) in [6, 6.07) is 19.3. The largest absolute Gasteiger partial charge is 0.366 e. The van der Waals surface area contributed by atoms with Crippen molar-refractivity contribution in [2.24, 2.45) is 0 Å². The maximum absolute atomic E-state index is 13.1. The Kier molecular flexibility index (Phi) is 9.13. The van der Waals surface area contributed by atoms with Gasteiger partial charge in [0.1, 0.15) is 12.1 Å². The summed E-state index contributed by atoms with van der Waals surface area (Å²) in [4.78, 5) is 13.8. The van der Waals surface area contributed by atoms with Crippen molar-refractivity contribution in [3.05, 3.63) is 82.6 Å². The summed E-state index contributed by atoms with van der Waals surface area (Å²) < 4.78 is 27.7. The van der Waals surface area contributed by atoms with Gasteiger partial charge in [-0.1, -0.05) is 53.5 Å². The summed E-state index contributed by atoms with van der Waals surface area (Å²) in [6.45, 7) is 5.80. The second kappa shape index (κ2) is 12.6. The van der Waals surface area contributed by atoms with Crippen LogP contribution in [-0.2, 0) is 16.6 Å². The number of fused-ring (bicyclic) bond motifs is 1. The number of para-hydroxylation sites is 1. The normalized spacial score (nSPS) is 15.9. The fraction of sp³-hybridized carbons (Fsp3) is 0.333. The molecule has 1 fully saturated rings. The van der Waals surface area contributed by atoms with Crippen LogP contribution in [0.2, 0.25) is 10.0 Å². The molecule has 1 aromatic heterocycles. The highest BCUT2D eigenvalue weighted by Crippen LogP contribution is 2.31. The van der Waals surface area contributed by atoms with Gasteiger partial charge < -0.3 is 10.2 Å². The van der Waals surface area contributed by atoms with Crippen LogP contribution in [0.1, 0.15) is 12.5 Å². The smallest absolute Gasteiger partial charge is 0.243 e. The highest BCUT2D eigenvalue weighted by Gasteiger charge is 2.29. The lowest BCUT2D eigenvalue weighted by Gasteiger charge is -2.35. The number of anilines is 1. The third-order valence-corrected chi connectivity index (χ3v) is 9.81. The number of hydrogen-bond donors (Lipinski definition) is 1. The van der Waals surface area contributed by atoms with Crippen LogP contribution in [-0.4, -0.2) is 85.4 Å². The van der Waals surface area contributed by atoms with Crippen molar-refractivity contribution in [1.29, 1.82) is 0 Å². The molecule has 216 valence electrons. The average Bonchev–Trinajstić information content (AvgIpc) is 2.94. The number of hydrogen-bond acceptors (Lipinski definition) is 7. The molecule has 2 heterocycles. The summed E-state index contributed by atoms with van der Waals surface area (Å²) >= 11 is 12.0. The minimum atomic E-state index is -3.63. The predicted octanol–water partition coefficient (Wildman–Crippen LogP) is 5.47. The first kappa shape index (κ1) is 29.7. The van der Waals surface area contributed by atoms with Gasteiger partial charge in [-0.2, -0.15) is 4.31 Å². The lowest BCUT2D eigenvalue weighted by molar-refractivity contribution is 0.184. The Hall–Kier alpha value is -2.79. The maximum Gasteiger partial charge on any atom is 0.243 e. The van der Waals surface area contributed by atoms with E-state index in [2.05, 4.69) is 76.4 Å². The van der Waals surface area contributed by atoms with E-state index in [4.69, 9.17) is 23.2 Å². The molecule has 11 heteroatoms. The third-order valence-electron chi connectivity index (χ3n) is 7.18. The number of halogens is 2. The van der Waals surface area contributed by atoms with E-state index in [1.54, 1.807) is 6.33 Å². The first-order valence-corrected chi connectivity index (χ1v) is 15.7. The van der Waals surface area contributed by atoms with Gasteiger partial charge in [-0.15, -0.1) is 0 Å². The minimum absolute atomic E-state index is 0.0819. The van der Waals surface area contributed by atoms with E-state index < -0.39 is 10.0 Å². The van der Waals surface area contributed by atoms with Crippen molar-refractivity contribution in [1.82, 2.24) is 24.1 Å². The molecule has 0 bridgehead atoms. The Morgan fingerprint density at radius 2 is 1.71 bits per heavy atom. The molecule has 0 saturated carbocycles. The van der Waals surface area contributed by atoms with Gasteiger partial charge in [0.05, 0.1) is 20.5 Å². The summed E-state index contributed by atoms with van der Waals surface area (Å²) in [5.74, 6) is 0.787. The molecule has 0 amide bonds. The Morgan fingerprint density at radius 1 is 0.951 bits per heavy atom. The molecule has 1 atom stereocenters. The van der Waals surface area contributed by atoms with E-state index in [1.807, 2.05) is 12.1 Å². The molecule has 1 N–H and O–H groups in total. The fourth-order valence-electron chi connectivity index (χ4n) is 5.24. The number of benzene rings is 3. The lowest BCUT2D eigenvalue weighted by atomic mass is 10.00. The Labute approximate surface area is 252 Å². The van der Waals surface area contributed by atoms with E-state index in [-0.39, 0.29) is 16.0 Å². The number of sulfonamides is 1. The molecule has 4 aromatic rings. The molecule has 0 unspecified atom stereocenters. The second-order valence-corrected chi connectivity index (χ2v) is 13.4. The van der Waals surface area contributed by atoms with Gasteiger partial charge in [-0.25, -0.2) is 18.4 Å². The number of piperazine rings is 1. The van der Waals surface area contributed by atoms with Crippen molar-refractivity contribution in [2.45, 2.75) is 24.4 Å². The molecule has 0 aliphatic carbocycles. The molecule has 3 aromatic carbocycles. The minimum Gasteiger partial charge on any atom is -0.366 e. The van der Waals surface area contributed by atoms with Gasteiger partial charge in [0, 0.05) is 56.3 Å². The van der Waals surface area contributed by atoms with Gasteiger partial charge in [0.2, 0.25) is 10.0 Å². The van der Waals surface area contributed by atoms with Crippen LogP contribution in [0.15, 0.2) is 71.9 Å². The van der Waals surface area contributed by atoms with Gasteiger partial charge in [0.15, 0.2) is 0 Å². The molecule has 0 radical (unpaired) electrons. The van der Waals surface area contributed by atoms with Gasteiger partial charge in [0.25, 0.3) is 0 Å². The molecule has 41 heavy (non-hydrogen) atoms. The molecule has 1 saturated heterocycles. The van der Waals surface area contributed by atoms with Gasteiger partial charge >= 0.3 is 0 Å². The maximum atomic E-state index is 13.1. The number of nitrogens with one attached hydrogen (secondary N) is 1. The highest BCUT2D eigenvalue weighted by molar-refractivity contribution is 7.89. The SMILES string of the molecule is C[C@@H](CN1CCN(S(=O)(=O)c2ccc(Cl)c(Cl)c2)CC1)Nc1ncnc2c(-c3cccc(CN(C)C)c3)cccc12. The van der Waals surface area contributed by atoms with E-state index in [0.717, 1.165) is 40.9 Å². The topological polar surface area (TPSA) is 81.7 Å². The van der Waals surface area contributed by atoms with Crippen LogP contribution >= 0.6 is 23.2 Å². The molecule has 5 rings (SSSR count). The van der Waals surface area contributed by atoms with Gasteiger partial charge in [-0.05, 0) is 62.5 Å². The quantitative estimate of drug-likeness (QED) is 0.268. The standard InChI is InChI=1S/C30H34Cl2N6O2S/c1-21(18-37-12-14-38(15-13-37)41(39,40)24-10-11-27(31)28(32)17-24)35-30-26-9-5-8-25(29(26)33-20-34-30)23-7-4-6-22(16-23)19-36(2)3/h4-11,16-17,20-21H,12-15,18-19H2,1-3H3,(H,33,34,35)/t21-/m0/s1. The zero-order valence-electron chi connectivity index (χ0n) is 23.4. The van der Waals surface area contributed by atoms with E-state index in [0.29, 0.717) is 31.2 Å². The van der Waals surface area contributed by atoms with Crippen LogP contribution in [0.4, 0.5) is 5.82 Å². The van der Waals surface area contributed by atoms with Crippen LogP contribution in [0.25, 0.3) is 22.0 Å². The van der Waals surface area contributed by atoms with Crippen LogP contribution in [0, 0.1) is 0 Å². The number of aromatic nitrogens is 2. The summed E-state index contributed by atoms with van der Waals surface area (Å²) in [5, 5.41) is 5.10.